The summed E-state index contributed by atoms with van der Waals surface area (Å²) in [5, 5.41) is 0. The van der Waals surface area contributed by atoms with Crippen LogP contribution in [-0.4, -0.2) is 33.7 Å². The molecule has 0 saturated heterocycles. The second-order valence-electron chi connectivity index (χ2n) is 3.83. The molecule has 0 aliphatic heterocycles. The predicted molar refractivity (Wildman–Crippen MR) is 64.9 cm³/mol. The topological polar surface area (TPSA) is 94.3 Å². The van der Waals surface area contributed by atoms with Crippen LogP contribution >= 0.6 is 0 Å². The van der Waals surface area contributed by atoms with E-state index in [4.69, 9.17) is 10.5 Å². The fraction of sp³-hybridized carbons (Fsp3) is 0.500. The molecule has 1 aromatic rings. The minimum absolute atomic E-state index is 0.106. The van der Waals surface area contributed by atoms with Gasteiger partial charge in [0.15, 0.2) is 0 Å². The number of anilines is 1. The highest BCUT2D eigenvalue weighted by atomic mass is 32.2. The molecule has 0 fully saturated rings. The SMILES string of the molecule is COCC(C)CNS(=O)(=O)c1ccnc(N)c1. The number of nitrogen functional groups attached to an aromatic ring is 1. The Hall–Kier alpha value is -1.18. The number of pyridine rings is 1. The molecule has 0 amide bonds. The second kappa shape index (κ2) is 5.95. The van der Waals surface area contributed by atoms with Crippen molar-refractivity contribution in [1.29, 1.82) is 0 Å². The first-order valence-corrected chi connectivity index (χ1v) is 6.64. The summed E-state index contributed by atoms with van der Waals surface area (Å²) in [6, 6.07) is 2.73. The van der Waals surface area contributed by atoms with Gasteiger partial charge in [0.1, 0.15) is 5.82 Å². The van der Waals surface area contributed by atoms with Gasteiger partial charge in [0.25, 0.3) is 0 Å². The Morgan fingerprint density at radius 2 is 2.29 bits per heavy atom. The van der Waals surface area contributed by atoms with Gasteiger partial charge in [-0.2, -0.15) is 0 Å². The lowest BCUT2D eigenvalue weighted by atomic mass is 10.2. The van der Waals surface area contributed by atoms with Gasteiger partial charge < -0.3 is 10.5 Å². The molecule has 7 heteroatoms. The van der Waals surface area contributed by atoms with E-state index in [0.717, 1.165) is 0 Å². The summed E-state index contributed by atoms with van der Waals surface area (Å²) in [5.74, 6) is 0.284. The summed E-state index contributed by atoms with van der Waals surface area (Å²) < 4.78 is 31.1. The molecule has 6 nitrogen and oxygen atoms in total. The molecule has 1 atom stereocenters. The Morgan fingerprint density at radius 1 is 1.59 bits per heavy atom. The van der Waals surface area contributed by atoms with Crippen LogP contribution in [0.4, 0.5) is 5.82 Å². The number of hydrogen-bond acceptors (Lipinski definition) is 5. The highest BCUT2D eigenvalue weighted by Crippen LogP contribution is 2.10. The van der Waals surface area contributed by atoms with Gasteiger partial charge >= 0.3 is 0 Å². The van der Waals surface area contributed by atoms with Crippen LogP contribution in [-0.2, 0) is 14.8 Å². The van der Waals surface area contributed by atoms with Gasteiger partial charge in [-0.3, -0.25) is 0 Å². The van der Waals surface area contributed by atoms with Gasteiger partial charge in [0.05, 0.1) is 4.90 Å². The van der Waals surface area contributed by atoms with Crippen molar-refractivity contribution in [3.8, 4) is 0 Å². The van der Waals surface area contributed by atoms with Gasteiger partial charge in [-0.25, -0.2) is 18.1 Å². The highest BCUT2D eigenvalue weighted by Gasteiger charge is 2.15. The van der Waals surface area contributed by atoms with E-state index in [2.05, 4.69) is 9.71 Å². The molecule has 0 aliphatic carbocycles. The average molecular weight is 259 g/mol. The van der Waals surface area contributed by atoms with Gasteiger partial charge in [0, 0.05) is 32.5 Å². The van der Waals surface area contributed by atoms with E-state index in [0.29, 0.717) is 13.2 Å². The molecule has 1 unspecified atom stereocenters. The zero-order valence-electron chi connectivity index (χ0n) is 9.88. The summed E-state index contributed by atoms with van der Waals surface area (Å²) in [6.07, 6.45) is 1.36. The number of nitrogens with two attached hydrogens (primary N) is 1. The third kappa shape index (κ3) is 4.29. The van der Waals surface area contributed by atoms with Crippen LogP contribution < -0.4 is 10.5 Å². The second-order valence-corrected chi connectivity index (χ2v) is 5.60. The molecule has 0 aromatic carbocycles. The van der Waals surface area contributed by atoms with Crippen LogP contribution in [0.2, 0.25) is 0 Å². The van der Waals surface area contributed by atoms with Gasteiger partial charge in [-0.05, 0) is 12.0 Å². The monoisotopic (exact) mass is 259 g/mol. The van der Waals surface area contributed by atoms with E-state index in [1.165, 1.54) is 18.3 Å². The molecule has 1 heterocycles. The van der Waals surface area contributed by atoms with Crippen molar-refractivity contribution in [3.63, 3.8) is 0 Å². The molecule has 1 aromatic heterocycles. The molecule has 0 aliphatic rings. The van der Waals surface area contributed by atoms with E-state index < -0.39 is 10.0 Å². The largest absolute Gasteiger partial charge is 0.384 e. The number of hydrogen-bond donors (Lipinski definition) is 2. The zero-order valence-corrected chi connectivity index (χ0v) is 10.7. The normalized spacial score (nSPS) is 13.5. The lowest BCUT2D eigenvalue weighted by Gasteiger charge is -2.12. The molecule has 17 heavy (non-hydrogen) atoms. The molecular formula is C10H17N3O3S. The molecular weight excluding hydrogens is 242 g/mol. The summed E-state index contributed by atoms with van der Waals surface area (Å²) in [4.78, 5) is 3.86. The smallest absolute Gasteiger partial charge is 0.240 e. The van der Waals surface area contributed by atoms with E-state index >= 15 is 0 Å². The lowest BCUT2D eigenvalue weighted by Crippen LogP contribution is -2.30. The summed E-state index contributed by atoms with van der Waals surface area (Å²) in [6.45, 7) is 2.71. The lowest BCUT2D eigenvalue weighted by molar-refractivity contribution is 0.161. The number of ether oxygens (including phenoxy) is 1. The standard InChI is InChI=1S/C10H17N3O3S/c1-8(7-16-2)6-13-17(14,15)9-3-4-12-10(11)5-9/h3-5,8,13H,6-7H2,1-2H3,(H2,11,12). The van der Waals surface area contributed by atoms with Crippen molar-refractivity contribution in [3.05, 3.63) is 18.3 Å². The van der Waals surface area contributed by atoms with Crippen molar-refractivity contribution in [1.82, 2.24) is 9.71 Å². The van der Waals surface area contributed by atoms with E-state index in [9.17, 15) is 8.42 Å². The van der Waals surface area contributed by atoms with Crippen LogP contribution in [0.15, 0.2) is 23.2 Å². The summed E-state index contributed by atoms with van der Waals surface area (Å²) >= 11 is 0. The fourth-order valence-corrected chi connectivity index (χ4v) is 2.46. The Bertz CT molecular complexity index is 462. The predicted octanol–water partition coefficient (Wildman–Crippen LogP) is 0.225. The average Bonchev–Trinajstić information content (AvgIpc) is 2.27. The fourth-order valence-electron chi connectivity index (χ4n) is 1.27. The highest BCUT2D eigenvalue weighted by molar-refractivity contribution is 7.89. The van der Waals surface area contributed by atoms with E-state index in [-0.39, 0.29) is 16.6 Å². The maximum atomic E-state index is 11.9. The zero-order chi connectivity index (χ0) is 12.9. The minimum Gasteiger partial charge on any atom is -0.384 e. The molecule has 0 spiro atoms. The Morgan fingerprint density at radius 3 is 2.88 bits per heavy atom. The first-order chi connectivity index (χ1) is 7.95. The molecule has 1 rings (SSSR count). The Labute approximate surface area is 101 Å². The van der Waals surface area contributed by atoms with Crippen LogP contribution in [0.5, 0.6) is 0 Å². The Balaban J connectivity index is 2.69. The van der Waals surface area contributed by atoms with Crippen molar-refractivity contribution >= 4 is 15.8 Å². The number of methoxy groups -OCH3 is 1. The maximum absolute atomic E-state index is 11.9. The van der Waals surface area contributed by atoms with Gasteiger partial charge in [-0.15, -0.1) is 0 Å². The van der Waals surface area contributed by atoms with Crippen molar-refractivity contribution in [2.75, 3.05) is 26.0 Å². The number of nitrogens with one attached hydrogen (secondary N) is 1. The minimum atomic E-state index is -3.52. The number of rotatable bonds is 6. The van der Waals surface area contributed by atoms with Crippen LogP contribution in [0.3, 0.4) is 0 Å². The van der Waals surface area contributed by atoms with Crippen LogP contribution in [0, 0.1) is 5.92 Å². The molecule has 3 N–H and O–H groups in total. The van der Waals surface area contributed by atoms with E-state index in [1.54, 1.807) is 7.11 Å². The third-order valence-corrected chi connectivity index (χ3v) is 3.56. The third-order valence-electron chi connectivity index (χ3n) is 2.14. The quantitative estimate of drug-likeness (QED) is 0.762. The Kier molecular flexibility index (Phi) is 4.86. The maximum Gasteiger partial charge on any atom is 0.240 e. The van der Waals surface area contributed by atoms with Crippen LogP contribution in [0.25, 0.3) is 0 Å². The van der Waals surface area contributed by atoms with Crippen LogP contribution in [0.1, 0.15) is 6.92 Å². The molecule has 96 valence electrons. The van der Waals surface area contributed by atoms with Crippen molar-refractivity contribution in [2.24, 2.45) is 5.92 Å². The van der Waals surface area contributed by atoms with Gasteiger partial charge in [-0.1, -0.05) is 6.92 Å². The number of nitrogens with zero attached hydrogens (tertiary/aromatic N) is 1. The van der Waals surface area contributed by atoms with Crippen molar-refractivity contribution < 1.29 is 13.2 Å². The first kappa shape index (κ1) is 13.9. The summed E-state index contributed by atoms with van der Waals surface area (Å²) in [7, 11) is -1.94. The number of sulfonamides is 1. The summed E-state index contributed by atoms with van der Waals surface area (Å²) in [5.41, 5.74) is 5.44. The molecule has 0 radical (unpaired) electrons. The molecule has 0 saturated carbocycles. The number of aromatic nitrogens is 1. The van der Waals surface area contributed by atoms with Crippen molar-refractivity contribution in [2.45, 2.75) is 11.8 Å². The molecule has 0 bridgehead atoms. The first-order valence-electron chi connectivity index (χ1n) is 5.16. The van der Waals surface area contributed by atoms with Gasteiger partial charge in [0.2, 0.25) is 10.0 Å². The van der Waals surface area contributed by atoms with E-state index in [1.807, 2.05) is 6.92 Å².